The van der Waals surface area contributed by atoms with Gasteiger partial charge in [-0.05, 0) is 52.6 Å². The third-order valence-corrected chi connectivity index (χ3v) is 4.26. The Bertz CT molecular complexity index is 255. The van der Waals surface area contributed by atoms with Gasteiger partial charge in [0.15, 0.2) is 0 Å². The molecule has 3 heteroatoms. The molecule has 0 aliphatic carbocycles. The number of unbranched alkanes of at least 4 members (excludes halogenated alkanes) is 1. The molecule has 0 aromatic rings. The molecule has 3 nitrogen and oxygen atoms in total. The predicted octanol–water partition coefficient (Wildman–Crippen LogP) is 2.90. The summed E-state index contributed by atoms with van der Waals surface area (Å²) in [6.07, 6.45) is 7.10. The maximum Gasteiger partial charge on any atom is 0.239 e. The van der Waals surface area contributed by atoms with Crippen LogP contribution in [-0.4, -0.2) is 47.9 Å². The Labute approximate surface area is 113 Å². The Morgan fingerprint density at radius 2 is 2.11 bits per heavy atom. The van der Waals surface area contributed by atoms with E-state index in [-0.39, 0.29) is 6.04 Å². The molecule has 1 heterocycles. The lowest BCUT2D eigenvalue weighted by Gasteiger charge is -2.38. The zero-order chi connectivity index (χ0) is 13.5. The van der Waals surface area contributed by atoms with Crippen LogP contribution in [0, 0.1) is 0 Å². The van der Waals surface area contributed by atoms with Gasteiger partial charge in [0.05, 0.1) is 6.04 Å². The molecule has 1 rings (SSSR count). The molecule has 106 valence electrons. The molecular weight excluding hydrogens is 224 g/mol. The summed E-state index contributed by atoms with van der Waals surface area (Å²) in [6.45, 7) is 8.43. The summed E-state index contributed by atoms with van der Waals surface area (Å²) in [7, 11) is 2.07. The van der Waals surface area contributed by atoms with Crippen LogP contribution in [0.1, 0.15) is 59.3 Å². The molecule has 18 heavy (non-hydrogen) atoms. The van der Waals surface area contributed by atoms with Gasteiger partial charge in [-0.1, -0.05) is 20.3 Å². The van der Waals surface area contributed by atoms with E-state index in [1.54, 1.807) is 0 Å². The molecule has 1 aliphatic heterocycles. The number of piperidine rings is 1. The minimum atomic E-state index is 0.0312. The van der Waals surface area contributed by atoms with Crippen molar-refractivity contribution in [3.8, 4) is 0 Å². The minimum absolute atomic E-state index is 0.0312. The summed E-state index contributed by atoms with van der Waals surface area (Å²) >= 11 is 0. The summed E-state index contributed by atoms with van der Waals surface area (Å²) in [4.78, 5) is 16.9. The summed E-state index contributed by atoms with van der Waals surface area (Å²) in [5.41, 5.74) is 0. The fourth-order valence-electron chi connectivity index (χ4n) is 2.74. The van der Waals surface area contributed by atoms with Gasteiger partial charge < -0.3 is 4.90 Å². The number of likely N-dealkylation sites (tertiary alicyclic amines) is 1. The molecule has 1 amide bonds. The third-order valence-electron chi connectivity index (χ3n) is 4.26. The first-order valence-electron chi connectivity index (χ1n) is 7.62. The SMILES string of the molecule is CCCCN(C)C(C)C(=O)N1CCCCC1CC. The van der Waals surface area contributed by atoms with Crippen molar-refractivity contribution < 1.29 is 4.79 Å². The number of rotatable bonds is 6. The van der Waals surface area contributed by atoms with Crippen LogP contribution in [0.2, 0.25) is 0 Å². The third kappa shape index (κ3) is 3.98. The molecular formula is C15H30N2O. The van der Waals surface area contributed by atoms with Gasteiger partial charge in [-0.15, -0.1) is 0 Å². The van der Waals surface area contributed by atoms with E-state index in [9.17, 15) is 4.79 Å². The fraction of sp³-hybridized carbons (Fsp3) is 0.933. The molecule has 0 N–H and O–H groups in total. The predicted molar refractivity (Wildman–Crippen MR) is 76.6 cm³/mol. The van der Waals surface area contributed by atoms with E-state index < -0.39 is 0 Å². The van der Waals surface area contributed by atoms with Gasteiger partial charge in [0, 0.05) is 12.6 Å². The first-order chi connectivity index (χ1) is 8.61. The monoisotopic (exact) mass is 254 g/mol. The van der Waals surface area contributed by atoms with Gasteiger partial charge in [-0.2, -0.15) is 0 Å². The van der Waals surface area contributed by atoms with Crippen LogP contribution in [0.3, 0.4) is 0 Å². The van der Waals surface area contributed by atoms with Gasteiger partial charge in [0.25, 0.3) is 0 Å². The van der Waals surface area contributed by atoms with E-state index >= 15 is 0 Å². The van der Waals surface area contributed by atoms with Gasteiger partial charge >= 0.3 is 0 Å². The van der Waals surface area contributed by atoms with Crippen LogP contribution < -0.4 is 0 Å². The summed E-state index contributed by atoms with van der Waals surface area (Å²) in [6, 6.07) is 0.511. The largest absolute Gasteiger partial charge is 0.338 e. The van der Waals surface area contributed by atoms with Crippen LogP contribution in [0.5, 0.6) is 0 Å². The first-order valence-corrected chi connectivity index (χ1v) is 7.62. The van der Waals surface area contributed by atoms with Crippen molar-refractivity contribution >= 4 is 5.91 Å². The average Bonchev–Trinajstić information content (AvgIpc) is 2.42. The maximum absolute atomic E-state index is 12.6. The molecule has 1 saturated heterocycles. The second kappa shape index (κ2) is 7.78. The van der Waals surface area contributed by atoms with E-state index in [1.807, 2.05) is 0 Å². The number of carbonyl (C=O) groups is 1. The van der Waals surface area contributed by atoms with Crippen molar-refractivity contribution in [3.05, 3.63) is 0 Å². The summed E-state index contributed by atoms with van der Waals surface area (Å²) in [5, 5.41) is 0. The van der Waals surface area contributed by atoms with Gasteiger partial charge in [-0.3, -0.25) is 9.69 Å². The lowest BCUT2D eigenvalue weighted by Crippen LogP contribution is -2.51. The van der Waals surface area contributed by atoms with Crippen molar-refractivity contribution in [2.45, 2.75) is 71.4 Å². The molecule has 2 unspecified atom stereocenters. The number of amides is 1. The Morgan fingerprint density at radius 3 is 2.72 bits per heavy atom. The van der Waals surface area contributed by atoms with Crippen molar-refractivity contribution in [2.24, 2.45) is 0 Å². The number of likely N-dealkylation sites (N-methyl/N-ethyl adjacent to an activating group) is 1. The number of carbonyl (C=O) groups excluding carboxylic acids is 1. The van der Waals surface area contributed by atoms with Crippen LogP contribution in [0.15, 0.2) is 0 Å². The average molecular weight is 254 g/mol. The topological polar surface area (TPSA) is 23.6 Å². The molecule has 0 bridgehead atoms. The molecule has 1 fully saturated rings. The van der Waals surface area contributed by atoms with Crippen molar-refractivity contribution in [3.63, 3.8) is 0 Å². The molecule has 0 saturated carbocycles. The molecule has 0 aromatic heterocycles. The standard InChI is InChI=1S/C15H30N2O/c1-5-7-11-16(4)13(3)15(18)17-12-9-8-10-14(17)6-2/h13-14H,5-12H2,1-4H3. The lowest BCUT2D eigenvalue weighted by molar-refractivity contribution is -0.139. The smallest absolute Gasteiger partial charge is 0.239 e. The highest BCUT2D eigenvalue weighted by molar-refractivity contribution is 5.81. The van der Waals surface area contributed by atoms with Crippen molar-refractivity contribution in [1.29, 1.82) is 0 Å². The van der Waals surface area contributed by atoms with E-state index in [2.05, 4.69) is 37.6 Å². The molecule has 0 radical (unpaired) electrons. The highest BCUT2D eigenvalue weighted by Gasteiger charge is 2.29. The zero-order valence-electron chi connectivity index (χ0n) is 12.6. The van der Waals surface area contributed by atoms with Gasteiger partial charge in [0.2, 0.25) is 5.91 Å². The Morgan fingerprint density at radius 1 is 1.39 bits per heavy atom. The number of hydrogen-bond acceptors (Lipinski definition) is 2. The molecule has 0 spiro atoms. The molecule has 0 aromatic carbocycles. The van der Waals surface area contributed by atoms with Gasteiger partial charge in [-0.25, -0.2) is 0 Å². The minimum Gasteiger partial charge on any atom is -0.338 e. The second-order valence-corrected chi connectivity index (χ2v) is 5.60. The Kier molecular flexibility index (Phi) is 6.69. The van der Waals surface area contributed by atoms with E-state index in [0.717, 1.165) is 19.5 Å². The highest BCUT2D eigenvalue weighted by atomic mass is 16.2. The number of hydrogen-bond donors (Lipinski definition) is 0. The quantitative estimate of drug-likeness (QED) is 0.727. The van der Waals surface area contributed by atoms with Crippen LogP contribution in [-0.2, 0) is 4.79 Å². The second-order valence-electron chi connectivity index (χ2n) is 5.60. The zero-order valence-corrected chi connectivity index (χ0v) is 12.6. The van der Waals surface area contributed by atoms with Crippen LogP contribution in [0.25, 0.3) is 0 Å². The fourth-order valence-corrected chi connectivity index (χ4v) is 2.74. The van der Waals surface area contributed by atoms with Crippen LogP contribution >= 0.6 is 0 Å². The van der Waals surface area contributed by atoms with E-state index in [4.69, 9.17) is 0 Å². The molecule has 2 atom stereocenters. The Balaban J connectivity index is 2.55. The summed E-state index contributed by atoms with van der Waals surface area (Å²) in [5.74, 6) is 0.333. The maximum atomic E-state index is 12.6. The highest BCUT2D eigenvalue weighted by Crippen LogP contribution is 2.21. The molecule has 1 aliphatic rings. The van der Waals surface area contributed by atoms with Crippen molar-refractivity contribution in [1.82, 2.24) is 9.80 Å². The lowest BCUT2D eigenvalue weighted by atomic mass is 9.99. The van der Waals surface area contributed by atoms with Gasteiger partial charge in [0.1, 0.15) is 0 Å². The normalized spacial score (nSPS) is 22.3. The summed E-state index contributed by atoms with van der Waals surface area (Å²) < 4.78 is 0. The van der Waals surface area contributed by atoms with Crippen LogP contribution in [0.4, 0.5) is 0 Å². The van der Waals surface area contributed by atoms with E-state index in [1.165, 1.54) is 32.1 Å². The van der Waals surface area contributed by atoms with Crippen molar-refractivity contribution in [2.75, 3.05) is 20.1 Å². The van der Waals surface area contributed by atoms with E-state index in [0.29, 0.717) is 11.9 Å². The number of nitrogens with zero attached hydrogens (tertiary/aromatic N) is 2. The Hall–Kier alpha value is -0.570. The first kappa shape index (κ1) is 15.5.